The third kappa shape index (κ3) is 1.75. The number of rotatable bonds is 1. The summed E-state index contributed by atoms with van der Waals surface area (Å²) in [6.45, 7) is 6.99. The van der Waals surface area contributed by atoms with Crippen LogP contribution in [0.2, 0.25) is 0 Å². The Labute approximate surface area is 81.3 Å². The van der Waals surface area contributed by atoms with Crippen LogP contribution in [0.25, 0.3) is 0 Å². The molecule has 2 nitrogen and oxygen atoms in total. The Balaban J connectivity index is 1.93. The molecule has 2 rings (SSSR count). The SMILES string of the molecule is CC1(C)CC(N)(C2CCCNC2)C1. The standard InChI is InChI=1S/C11H22N2/c1-10(2)7-11(12,8-10)9-4-3-5-13-6-9/h9,13H,3-8,12H2,1-2H3. The molecule has 1 saturated carbocycles. The van der Waals surface area contributed by atoms with Gasteiger partial charge in [-0.3, -0.25) is 0 Å². The number of piperidine rings is 1. The summed E-state index contributed by atoms with van der Waals surface area (Å²) in [4.78, 5) is 0. The first kappa shape index (κ1) is 9.47. The van der Waals surface area contributed by atoms with Gasteiger partial charge in [-0.25, -0.2) is 0 Å². The van der Waals surface area contributed by atoms with Crippen molar-refractivity contribution in [3.05, 3.63) is 0 Å². The van der Waals surface area contributed by atoms with Crippen molar-refractivity contribution < 1.29 is 0 Å². The van der Waals surface area contributed by atoms with E-state index in [1.807, 2.05) is 0 Å². The second-order valence-corrected chi connectivity index (χ2v) is 5.79. The summed E-state index contributed by atoms with van der Waals surface area (Å²) in [6.07, 6.45) is 5.07. The summed E-state index contributed by atoms with van der Waals surface area (Å²) in [6, 6.07) is 0. The Kier molecular flexibility index (Phi) is 2.16. The lowest BCUT2D eigenvalue weighted by atomic mass is 9.54. The second-order valence-electron chi connectivity index (χ2n) is 5.79. The lowest BCUT2D eigenvalue weighted by Crippen LogP contribution is -2.63. The highest BCUT2D eigenvalue weighted by Gasteiger charge is 2.50. The molecule has 0 aromatic heterocycles. The van der Waals surface area contributed by atoms with Gasteiger partial charge in [0.2, 0.25) is 0 Å². The van der Waals surface area contributed by atoms with E-state index >= 15 is 0 Å². The molecule has 0 aromatic carbocycles. The van der Waals surface area contributed by atoms with Gasteiger partial charge in [-0.2, -0.15) is 0 Å². The summed E-state index contributed by atoms with van der Waals surface area (Å²) in [7, 11) is 0. The number of hydrogen-bond acceptors (Lipinski definition) is 2. The van der Waals surface area contributed by atoms with E-state index in [4.69, 9.17) is 5.73 Å². The van der Waals surface area contributed by atoms with Gasteiger partial charge in [0.05, 0.1) is 0 Å². The highest BCUT2D eigenvalue weighted by Crippen LogP contribution is 2.50. The zero-order valence-corrected chi connectivity index (χ0v) is 8.90. The van der Waals surface area contributed by atoms with Crippen LogP contribution in [0.15, 0.2) is 0 Å². The van der Waals surface area contributed by atoms with Gasteiger partial charge in [0.15, 0.2) is 0 Å². The fourth-order valence-corrected chi connectivity index (χ4v) is 3.36. The molecule has 0 amide bonds. The lowest BCUT2D eigenvalue weighted by molar-refractivity contribution is 0.00784. The van der Waals surface area contributed by atoms with Crippen LogP contribution in [0.1, 0.15) is 39.5 Å². The van der Waals surface area contributed by atoms with Crippen molar-refractivity contribution in [2.24, 2.45) is 17.1 Å². The van der Waals surface area contributed by atoms with Crippen molar-refractivity contribution in [1.29, 1.82) is 0 Å². The first-order chi connectivity index (χ1) is 6.02. The Morgan fingerprint density at radius 2 is 2.00 bits per heavy atom. The number of hydrogen-bond donors (Lipinski definition) is 2. The van der Waals surface area contributed by atoms with Gasteiger partial charge in [-0.15, -0.1) is 0 Å². The molecule has 2 heteroatoms. The molecule has 76 valence electrons. The molecule has 1 aliphatic heterocycles. The molecule has 1 heterocycles. The van der Waals surface area contributed by atoms with Crippen LogP contribution in [0.3, 0.4) is 0 Å². The van der Waals surface area contributed by atoms with E-state index in [9.17, 15) is 0 Å². The van der Waals surface area contributed by atoms with E-state index in [2.05, 4.69) is 19.2 Å². The minimum atomic E-state index is 0.164. The first-order valence-corrected chi connectivity index (χ1v) is 5.52. The minimum absolute atomic E-state index is 0.164. The topological polar surface area (TPSA) is 38.0 Å². The zero-order chi connectivity index (χ0) is 9.53. The Morgan fingerprint density at radius 1 is 1.31 bits per heavy atom. The van der Waals surface area contributed by atoms with Crippen LogP contribution < -0.4 is 11.1 Å². The van der Waals surface area contributed by atoms with Gasteiger partial charge in [0, 0.05) is 5.54 Å². The molecule has 0 aromatic rings. The maximum Gasteiger partial charge on any atom is 0.0205 e. The Morgan fingerprint density at radius 3 is 2.46 bits per heavy atom. The molecule has 1 saturated heterocycles. The average Bonchev–Trinajstić information content (AvgIpc) is 2.02. The fraction of sp³-hybridized carbons (Fsp3) is 1.00. The predicted octanol–water partition coefficient (Wildman–Crippen LogP) is 1.50. The number of nitrogens with two attached hydrogens (primary N) is 1. The van der Waals surface area contributed by atoms with Gasteiger partial charge >= 0.3 is 0 Å². The molecule has 0 spiro atoms. The molecular formula is C11H22N2. The predicted molar refractivity (Wildman–Crippen MR) is 55.5 cm³/mol. The van der Waals surface area contributed by atoms with Crippen LogP contribution in [-0.2, 0) is 0 Å². The summed E-state index contributed by atoms with van der Waals surface area (Å²) >= 11 is 0. The summed E-state index contributed by atoms with van der Waals surface area (Å²) in [5, 5.41) is 3.46. The van der Waals surface area contributed by atoms with Crippen molar-refractivity contribution in [3.8, 4) is 0 Å². The van der Waals surface area contributed by atoms with E-state index in [0.717, 1.165) is 12.5 Å². The van der Waals surface area contributed by atoms with Crippen molar-refractivity contribution >= 4 is 0 Å². The fourth-order valence-electron chi connectivity index (χ4n) is 3.36. The third-order valence-electron chi connectivity index (χ3n) is 3.73. The molecule has 1 atom stereocenters. The van der Waals surface area contributed by atoms with Crippen LogP contribution >= 0.6 is 0 Å². The smallest absolute Gasteiger partial charge is 0.0205 e. The molecule has 1 aliphatic carbocycles. The molecule has 1 unspecified atom stereocenters. The van der Waals surface area contributed by atoms with Crippen LogP contribution in [0, 0.1) is 11.3 Å². The van der Waals surface area contributed by atoms with Crippen LogP contribution in [-0.4, -0.2) is 18.6 Å². The van der Waals surface area contributed by atoms with E-state index < -0.39 is 0 Å². The van der Waals surface area contributed by atoms with E-state index in [0.29, 0.717) is 5.41 Å². The summed E-state index contributed by atoms with van der Waals surface area (Å²) in [5.41, 5.74) is 7.08. The number of nitrogens with one attached hydrogen (secondary N) is 1. The van der Waals surface area contributed by atoms with E-state index in [-0.39, 0.29) is 5.54 Å². The molecular weight excluding hydrogens is 160 g/mol. The minimum Gasteiger partial charge on any atom is -0.325 e. The summed E-state index contributed by atoms with van der Waals surface area (Å²) < 4.78 is 0. The van der Waals surface area contributed by atoms with Crippen molar-refractivity contribution in [3.63, 3.8) is 0 Å². The van der Waals surface area contributed by atoms with Gasteiger partial charge < -0.3 is 11.1 Å². The largest absolute Gasteiger partial charge is 0.325 e. The highest BCUT2D eigenvalue weighted by atomic mass is 14.9. The summed E-state index contributed by atoms with van der Waals surface area (Å²) in [5.74, 6) is 0.731. The first-order valence-electron chi connectivity index (χ1n) is 5.52. The third-order valence-corrected chi connectivity index (χ3v) is 3.73. The molecule has 13 heavy (non-hydrogen) atoms. The molecule has 2 fully saturated rings. The lowest BCUT2D eigenvalue weighted by Gasteiger charge is -2.56. The maximum absolute atomic E-state index is 6.41. The quantitative estimate of drug-likeness (QED) is 0.645. The van der Waals surface area contributed by atoms with Gasteiger partial charge in [-0.1, -0.05) is 13.8 Å². The Hall–Kier alpha value is -0.0800. The van der Waals surface area contributed by atoms with E-state index in [1.165, 1.54) is 32.2 Å². The average molecular weight is 182 g/mol. The normalized spacial score (nSPS) is 36.7. The second kappa shape index (κ2) is 2.96. The monoisotopic (exact) mass is 182 g/mol. The maximum atomic E-state index is 6.41. The van der Waals surface area contributed by atoms with Crippen molar-refractivity contribution in [1.82, 2.24) is 5.32 Å². The van der Waals surface area contributed by atoms with E-state index in [1.54, 1.807) is 0 Å². The molecule has 0 bridgehead atoms. The molecule has 3 N–H and O–H groups in total. The highest BCUT2D eigenvalue weighted by molar-refractivity contribution is 5.07. The molecule has 0 radical (unpaired) electrons. The van der Waals surface area contributed by atoms with Crippen LogP contribution in [0.4, 0.5) is 0 Å². The van der Waals surface area contributed by atoms with Crippen LogP contribution in [0.5, 0.6) is 0 Å². The van der Waals surface area contributed by atoms with Crippen molar-refractivity contribution in [2.45, 2.75) is 45.1 Å². The molecule has 2 aliphatic rings. The van der Waals surface area contributed by atoms with Gasteiger partial charge in [0.1, 0.15) is 0 Å². The Bertz CT molecular complexity index is 184. The van der Waals surface area contributed by atoms with Gasteiger partial charge in [0.25, 0.3) is 0 Å². The zero-order valence-electron chi connectivity index (χ0n) is 8.90. The van der Waals surface area contributed by atoms with Gasteiger partial charge in [-0.05, 0) is 50.1 Å². The van der Waals surface area contributed by atoms with Crippen molar-refractivity contribution in [2.75, 3.05) is 13.1 Å².